The molecule has 70 valence electrons. The first-order valence-corrected chi connectivity index (χ1v) is 3.55. The lowest BCUT2D eigenvalue weighted by Crippen LogP contribution is -2.31. The number of aliphatic hydroxyl groups is 2. The second-order valence-corrected chi connectivity index (χ2v) is 1.99. The lowest BCUT2D eigenvalue weighted by molar-refractivity contribution is -0.187. The molecular weight excluding hydrogens is 162 g/mol. The minimum absolute atomic E-state index is 0.135. The van der Waals surface area contributed by atoms with Crippen LogP contribution in [0.5, 0.6) is 0 Å². The zero-order valence-corrected chi connectivity index (χ0v) is 6.77. The summed E-state index contributed by atoms with van der Waals surface area (Å²) < 4.78 is 0. The van der Waals surface area contributed by atoms with Crippen molar-refractivity contribution in [1.29, 1.82) is 0 Å². The Morgan fingerprint density at radius 1 is 1.42 bits per heavy atom. The SMILES string of the molecule is C=CC(=O)ON(CCO)CCO. The summed E-state index contributed by atoms with van der Waals surface area (Å²) in [6, 6.07) is 0. The van der Waals surface area contributed by atoms with E-state index in [2.05, 4.69) is 11.4 Å². The molecule has 0 aromatic carbocycles. The second kappa shape index (κ2) is 6.78. The highest BCUT2D eigenvalue weighted by atomic mass is 16.7. The van der Waals surface area contributed by atoms with Gasteiger partial charge < -0.3 is 15.1 Å². The molecule has 0 amide bonds. The molecule has 0 rings (SSSR count). The van der Waals surface area contributed by atoms with Gasteiger partial charge >= 0.3 is 5.97 Å². The van der Waals surface area contributed by atoms with E-state index in [1.807, 2.05) is 0 Å². The maximum absolute atomic E-state index is 10.6. The summed E-state index contributed by atoms with van der Waals surface area (Å²) in [5.41, 5.74) is 0. The average molecular weight is 175 g/mol. The zero-order valence-electron chi connectivity index (χ0n) is 6.77. The van der Waals surface area contributed by atoms with Crippen molar-refractivity contribution in [2.75, 3.05) is 26.3 Å². The van der Waals surface area contributed by atoms with Crippen molar-refractivity contribution < 1.29 is 19.8 Å². The third kappa shape index (κ3) is 4.84. The molecule has 0 aromatic rings. The molecule has 2 N–H and O–H groups in total. The maximum Gasteiger partial charge on any atom is 0.349 e. The molecule has 5 heteroatoms. The minimum atomic E-state index is -0.600. The number of hydrogen-bond acceptors (Lipinski definition) is 5. The van der Waals surface area contributed by atoms with Crippen molar-refractivity contribution in [3.63, 3.8) is 0 Å². The summed E-state index contributed by atoms with van der Waals surface area (Å²) in [7, 11) is 0. The van der Waals surface area contributed by atoms with Crippen LogP contribution in [0.1, 0.15) is 0 Å². The number of hydrogen-bond donors (Lipinski definition) is 2. The van der Waals surface area contributed by atoms with E-state index < -0.39 is 5.97 Å². The van der Waals surface area contributed by atoms with Crippen molar-refractivity contribution >= 4 is 5.97 Å². The normalized spacial score (nSPS) is 9.92. The molecule has 0 saturated carbocycles. The van der Waals surface area contributed by atoms with Gasteiger partial charge in [-0.3, -0.25) is 0 Å². The van der Waals surface area contributed by atoms with Crippen LogP contribution in [0, 0.1) is 0 Å². The molecule has 0 unspecified atom stereocenters. The van der Waals surface area contributed by atoms with Crippen LogP contribution in [0.15, 0.2) is 12.7 Å². The van der Waals surface area contributed by atoms with Gasteiger partial charge in [0.15, 0.2) is 0 Å². The van der Waals surface area contributed by atoms with E-state index in [9.17, 15) is 4.79 Å². The van der Waals surface area contributed by atoms with Crippen LogP contribution in [-0.2, 0) is 9.63 Å². The Hall–Kier alpha value is -0.910. The van der Waals surface area contributed by atoms with E-state index in [1.54, 1.807) is 0 Å². The number of nitrogens with zero attached hydrogens (tertiary/aromatic N) is 1. The number of rotatable bonds is 6. The highest BCUT2D eigenvalue weighted by Crippen LogP contribution is 1.90. The first-order chi connectivity index (χ1) is 5.74. The van der Waals surface area contributed by atoms with E-state index in [4.69, 9.17) is 10.2 Å². The van der Waals surface area contributed by atoms with Gasteiger partial charge in [0.2, 0.25) is 0 Å². The van der Waals surface area contributed by atoms with Crippen LogP contribution in [-0.4, -0.2) is 47.5 Å². The average Bonchev–Trinajstić information content (AvgIpc) is 2.05. The first-order valence-electron chi connectivity index (χ1n) is 3.55. The highest BCUT2D eigenvalue weighted by Gasteiger charge is 2.06. The molecule has 0 atom stereocenters. The summed E-state index contributed by atoms with van der Waals surface area (Å²) in [4.78, 5) is 15.3. The van der Waals surface area contributed by atoms with Gasteiger partial charge in [0.1, 0.15) is 0 Å². The van der Waals surface area contributed by atoms with Gasteiger partial charge in [-0.1, -0.05) is 6.58 Å². The maximum atomic E-state index is 10.6. The standard InChI is InChI=1S/C7H13NO4/c1-2-7(11)12-8(3-5-9)4-6-10/h2,9-10H,1,3-6H2. The molecule has 0 bridgehead atoms. The summed E-state index contributed by atoms with van der Waals surface area (Å²) in [5.74, 6) is -0.600. The van der Waals surface area contributed by atoms with Crippen LogP contribution in [0.4, 0.5) is 0 Å². The van der Waals surface area contributed by atoms with Crippen molar-refractivity contribution in [1.82, 2.24) is 5.06 Å². The van der Waals surface area contributed by atoms with Crippen LogP contribution >= 0.6 is 0 Å². The van der Waals surface area contributed by atoms with Crippen LogP contribution in [0.25, 0.3) is 0 Å². The number of aliphatic hydroxyl groups excluding tert-OH is 2. The topological polar surface area (TPSA) is 70.0 Å². The Morgan fingerprint density at radius 2 is 1.92 bits per heavy atom. The predicted molar refractivity (Wildman–Crippen MR) is 42.0 cm³/mol. The summed E-state index contributed by atoms with van der Waals surface area (Å²) in [6.45, 7) is 3.30. The van der Waals surface area contributed by atoms with Crippen LogP contribution in [0.2, 0.25) is 0 Å². The number of carbonyl (C=O) groups is 1. The van der Waals surface area contributed by atoms with Crippen LogP contribution in [0.3, 0.4) is 0 Å². The van der Waals surface area contributed by atoms with Gasteiger partial charge in [0.25, 0.3) is 0 Å². The van der Waals surface area contributed by atoms with Gasteiger partial charge in [-0.05, 0) is 0 Å². The fraction of sp³-hybridized carbons (Fsp3) is 0.571. The molecule has 0 aliphatic carbocycles. The lowest BCUT2D eigenvalue weighted by Gasteiger charge is -2.17. The molecule has 12 heavy (non-hydrogen) atoms. The molecule has 0 fully saturated rings. The van der Waals surface area contributed by atoms with E-state index in [1.165, 1.54) is 5.06 Å². The first kappa shape index (κ1) is 11.1. The van der Waals surface area contributed by atoms with Crippen molar-refractivity contribution in [2.24, 2.45) is 0 Å². The molecule has 0 heterocycles. The lowest BCUT2D eigenvalue weighted by atomic mass is 10.6. The van der Waals surface area contributed by atoms with Gasteiger partial charge in [-0.25, -0.2) is 4.79 Å². The highest BCUT2D eigenvalue weighted by molar-refractivity contribution is 5.80. The van der Waals surface area contributed by atoms with Gasteiger partial charge in [0.05, 0.1) is 26.3 Å². The van der Waals surface area contributed by atoms with Gasteiger partial charge in [0, 0.05) is 6.08 Å². The zero-order chi connectivity index (χ0) is 9.40. The second-order valence-electron chi connectivity index (χ2n) is 1.99. The monoisotopic (exact) mass is 175 g/mol. The van der Waals surface area contributed by atoms with Crippen molar-refractivity contribution in [2.45, 2.75) is 0 Å². The molecule has 0 aliphatic heterocycles. The Bertz CT molecular complexity index is 142. The van der Waals surface area contributed by atoms with Crippen molar-refractivity contribution in [3.8, 4) is 0 Å². The molecule has 0 aliphatic rings. The third-order valence-electron chi connectivity index (χ3n) is 1.08. The van der Waals surface area contributed by atoms with Gasteiger partial charge in [-0.15, -0.1) is 5.06 Å². The summed E-state index contributed by atoms with van der Waals surface area (Å²) in [5, 5.41) is 18.2. The van der Waals surface area contributed by atoms with E-state index in [0.717, 1.165) is 6.08 Å². The number of hydroxylamine groups is 2. The molecule has 5 nitrogen and oxygen atoms in total. The summed E-state index contributed by atoms with van der Waals surface area (Å²) in [6.07, 6.45) is 1.02. The third-order valence-corrected chi connectivity index (χ3v) is 1.08. The minimum Gasteiger partial charge on any atom is -0.395 e. The molecule has 0 radical (unpaired) electrons. The van der Waals surface area contributed by atoms with E-state index in [-0.39, 0.29) is 26.3 Å². The Labute approximate surface area is 70.8 Å². The largest absolute Gasteiger partial charge is 0.395 e. The Balaban J connectivity index is 3.76. The molecular formula is C7H13NO4. The van der Waals surface area contributed by atoms with Crippen LogP contribution < -0.4 is 0 Å². The summed E-state index contributed by atoms with van der Waals surface area (Å²) >= 11 is 0. The molecule has 0 spiro atoms. The fourth-order valence-corrected chi connectivity index (χ4v) is 0.591. The quantitative estimate of drug-likeness (QED) is 0.397. The Morgan fingerprint density at radius 3 is 2.25 bits per heavy atom. The molecule has 0 aromatic heterocycles. The van der Waals surface area contributed by atoms with E-state index >= 15 is 0 Å². The van der Waals surface area contributed by atoms with E-state index in [0.29, 0.717) is 0 Å². The van der Waals surface area contributed by atoms with Crippen molar-refractivity contribution in [3.05, 3.63) is 12.7 Å². The number of carbonyl (C=O) groups excluding carboxylic acids is 1. The van der Waals surface area contributed by atoms with Gasteiger partial charge in [-0.2, -0.15) is 0 Å². The smallest absolute Gasteiger partial charge is 0.349 e. The Kier molecular flexibility index (Phi) is 6.26. The predicted octanol–water partition coefficient (Wildman–Crippen LogP) is -1.08. The molecule has 0 saturated heterocycles. The fourth-order valence-electron chi connectivity index (χ4n) is 0.591.